The first kappa shape index (κ1) is 40.7. The van der Waals surface area contributed by atoms with Crippen molar-refractivity contribution >= 4 is 11.0 Å². The molecule has 0 bridgehead atoms. The second-order valence-corrected chi connectivity index (χ2v) is 20.9. The molecule has 0 amide bonds. The first-order valence-corrected chi connectivity index (χ1v) is 23.0. The molecule has 0 radical (unpaired) electrons. The van der Waals surface area contributed by atoms with Gasteiger partial charge < -0.3 is 5.11 Å². The molecule has 0 saturated carbocycles. The molecule has 1 N–H and O–H groups in total. The van der Waals surface area contributed by atoms with Crippen LogP contribution in [0.5, 0.6) is 5.75 Å². The number of fused-ring (bicyclic) bond motifs is 1. The summed E-state index contributed by atoms with van der Waals surface area (Å²) in [5.74, 6) is 0.482. The number of imidazole rings is 1. The van der Waals surface area contributed by atoms with Gasteiger partial charge in [0, 0.05) is 46.7 Å². The molecule has 4 nitrogen and oxygen atoms in total. The molecule has 0 aliphatic heterocycles. The number of aromatic nitrogens is 3. The van der Waals surface area contributed by atoms with Gasteiger partial charge in [-0.3, -0.25) is 9.55 Å². The SMILES string of the molecule is [2H]C([2H])([2H])c1ccc(-c2ccnc(-c3[c-]c(-c4cccc5c4nc(-c4cc(C)cc(C(C)(C)C)c4O)n5-c4ccc(-c5c(-c6ccccc6)cccc5C(C)(C)C)cc4C([2H])([2H])[2H])cc(C(C)(C)C)c3)c2)cc1.[Pt]. The number of benzene rings is 7. The van der Waals surface area contributed by atoms with Gasteiger partial charge >= 0.3 is 0 Å². The van der Waals surface area contributed by atoms with E-state index < -0.39 is 19.1 Å². The van der Waals surface area contributed by atoms with Crippen LogP contribution in [0.4, 0.5) is 0 Å². The van der Waals surface area contributed by atoms with Crippen molar-refractivity contribution in [1.29, 1.82) is 0 Å². The Balaban J connectivity index is 0.00000729. The smallest absolute Gasteiger partial charge is 0.148 e. The van der Waals surface area contributed by atoms with Crippen molar-refractivity contribution in [2.75, 3.05) is 0 Å². The molecule has 9 aromatic rings. The zero-order valence-electron chi connectivity index (χ0n) is 46.5. The number of nitrogens with zero attached hydrogens (tertiary/aromatic N) is 3. The van der Waals surface area contributed by atoms with Crippen LogP contribution in [0.2, 0.25) is 0 Å². The first-order chi connectivity index (χ1) is 34.2. The summed E-state index contributed by atoms with van der Waals surface area (Å²) in [6.45, 7) is 16.4. The molecule has 0 atom stereocenters. The Morgan fingerprint density at radius 1 is 0.559 bits per heavy atom. The topological polar surface area (TPSA) is 50.9 Å². The van der Waals surface area contributed by atoms with Crippen LogP contribution in [0, 0.1) is 26.7 Å². The van der Waals surface area contributed by atoms with Gasteiger partial charge in [-0.15, -0.1) is 29.3 Å². The van der Waals surface area contributed by atoms with E-state index in [4.69, 9.17) is 14.1 Å². The van der Waals surface area contributed by atoms with Gasteiger partial charge in [-0.1, -0.05) is 182 Å². The Morgan fingerprint density at radius 2 is 1.25 bits per heavy atom. The standard InChI is InChI=1S/C63H62N3O.Pt/c1-39-24-26-42(27-25-39)44-30-31-64-54(38-44)47-35-46(36-48(37-47)61(4,5)6)50-21-17-23-56-58(50)65-60(51-32-40(2)33-53(59(51)67)63(10,11)12)66(56)55-29-28-45(34-41(55)3)57-49(43-18-14-13-15-19-43)20-16-22-52(57)62(7,8)9;/h13-34,36-38,67H,1-12H3;/q-1;/i1D3,3D3;. The van der Waals surface area contributed by atoms with E-state index in [-0.39, 0.29) is 48.8 Å². The molecule has 2 heterocycles. The largest absolute Gasteiger partial charge is 0.507 e. The van der Waals surface area contributed by atoms with E-state index in [1.807, 2.05) is 102 Å². The van der Waals surface area contributed by atoms with Gasteiger partial charge in [0.2, 0.25) is 0 Å². The van der Waals surface area contributed by atoms with E-state index in [2.05, 4.69) is 111 Å². The minimum atomic E-state index is -2.58. The van der Waals surface area contributed by atoms with Crippen LogP contribution in [0.25, 0.3) is 83.9 Å². The third-order valence-electron chi connectivity index (χ3n) is 12.8. The third-order valence-corrected chi connectivity index (χ3v) is 12.8. The molecule has 0 fully saturated rings. The van der Waals surface area contributed by atoms with Gasteiger partial charge in [0.25, 0.3) is 0 Å². The van der Waals surface area contributed by atoms with Crippen molar-refractivity contribution in [1.82, 2.24) is 14.5 Å². The number of phenolic OH excluding ortho intramolecular Hbond substituents is 1. The number of aromatic hydroxyl groups is 1. The Bertz CT molecular complexity index is 3550. The fraction of sp³-hybridized carbons (Fsp3) is 0.238. The predicted molar refractivity (Wildman–Crippen MR) is 282 cm³/mol. The first-order valence-electron chi connectivity index (χ1n) is 26.0. The van der Waals surface area contributed by atoms with E-state index in [0.717, 1.165) is 72.3 Å². The maximum atomic E-state index is 12.4. The van der Waals surface area contributed by atoms with Crippen LogP contribution in [0.3, 0.4) is 0 Å². The maximum absolute atomic E-state index is 12.4. The molecular weight excluding hydrogens is 1010 g/mol. The summed E-state index contributed by atoms with van der Waals surface area (Å²) >= 11 is 0. The monoisotopic (exact) mass is 1080 g/mol. The fourth-order valence-electron chi connectivity index (χ4n) is 9.20. The summed E-state index contributed by atoms with van der Waals surface area (Å²) in [4.78, 5) is 10.3. The Morgan fingerprint density at radius 3 is 1.94 bits per heavy atom. The second kappa shape index (κ2) is 18.3. The minimum absolute atomic E-state index is 0. The minimum Gasteiger partial charge on any atom is -0.507 e. The number of pyridine rings is 1. The number of rotatable bonds is 7. The predicted octanol–water partition coefficient (Wildman–Crippen LogP) is 16.7. The molecule has 68 heavy (non-hydrogen) atoms. The van der Waals surface area contributed by atoms with E-state index in [1.54, 1.807) is 18.3 Å². The molecule has 0 unspecified atom stereocenters. The number of aryl methyl sites for hydroxylation is 3. The van der Waals surface area contributed by atoms with E-state index in [0.29, 0.717) is 33.8 Å². The number of hydrogen-bond acceptors (Lipinski definition) is 3. The van der Waals surface area contributed by atoms with Crippen LogP contribution in [0.1, 0.15) is 104 Å². The van der Waals surface area contributed by atoms with E-state index >= 15 is 0 Å². The average Bonchev–Trinajstić information content (AvgIpc) is 3.72. The summed E-state index contributed by atoms with van der Waals surface area (Å²) in [7, 11) is 0. The van der Waals surface area contributed by atoms with Crippen LogP contribution in [-0.2, 0) is 37.3 Å². The van der Waals surface area contributed by atoms with Crippen LogP contribution < -0.4 is 0 Å². The van der Waals surface area contributed by atoms with Crippen LogP contribution in [-0.4, -0.2) is 19.6 Å². The summed E-state index contributed by atoms with van der Waals surface area (Å²) < 4.78 is 53.2. The molecule has 0 aliphatic carbocycles. The molecule has 7 aromatic carbocycles. The van der Waals surface area contributed by atoms with Gasteiger partial charge in [-0.05, 0) is 117 Å². The molecule has 0 saturated heterocycles. The summed E-state index contributed by atoms with van der Waals surface area (Å²) in [6.07, 6.45) is 1.76. The summed E-state index contributed by atoms with van der Waals surface area (Å²) in [5.41, 5.74) is 13.9. The van der Waals surface area contributed by atoms with Gasteiger partial charge in [-0.2, -0.15) is 0 Å². The van der Waals surface area contributed by atoms with Crippen molar-refractivity contribution in [3.63, 3.8) is 0 Å². The average molecular weight is 1080 g/mol. The Labute approximate surface area is 426 Å². The van der Waals surface area contributed by atoms with Crippen molar-refractivity contribution in [3.8, 4) is 78.6 Å². The third kappa shape index (κ3) is 9.29. The quantitative estimate of drug-likeness (QED) is 0.162. The van der Waals surface area contributed by atoms with Gasteiger partial charge in [-0.25, -0.2) is 4.98 Å². The van der Waals surface area contributed by atoms with Gasteiger partial charge in [0.15, 0.2) is 0 Å². The summed E-state index contributed by atoms with van der Waals surface area (Å²) in [5, 5.41) is 12.4. The maximum Gasteiger partial charge on any atom is 0.148 e. The van der Waals surface area contributed by atoms with E-state index in [1.165, 1.54) is 0 Å². The zero-order chi connectivity index (χ0) is 52.6. The van der Waals surface area contributed by atoms with Crippen molar-refractivity contribution in [2.45, 2.75) is 99.2 Å². The second-order valence-electron chi connectivity index (χ2n) is 20.9. The molecule has 2 aromatic heterocycles. The molecule has 346 valence electrons. The molecule has 0 spiro atoms. The summed E-state index contributed by atoms with van der Waals surface area (Å²) in [6, 6.07) is 50.9. The Kier molecular flexibility index (Phi) is 10.9. The van der Waals surface area contributed by atoms with Crippen LogP contribution >= 0.6 is 0 Å². The van der Waals surface area contributed by atoms with Gasteiger partial charge in [0.1, 0.15) is 11.6 Å². The molecule has 0 aliphatic rings. The van der Waals surface area contributed by atoms with Gasteiger partial charge in [0.05, 0.1) is 22.3 Å². The molecular formula is C63H62N3OPt-. The number of phenols is 1. The van der Waals surface area contributed by atoms with Crippen molar-refractivity contribution in [3.05, 3.63) is 191 Å². The number of para-hydroxylation sites is 1. The zero-order valence-corrected chi connectivity index (χ0v) is 42.8. The normalized spacial score (nSPS) is 13.7. The molecule has 9 rings (SSSR count). The fourth-order valence-corrected chi connectivity index (χ4v) is 9.20. The van der Waals surface area contributed by atoms with E-state index in [9.17, 15) is 9.22 Å². The van der Waals surface area contributed by atoms with Crippen molar-refractivity contribution in [2.24, 2.45) is 0 Å². The van der Waals surface area contributed by atoms with Crippen LogP contribution in [0.15, 0.2) is 152 Å². The van der Waals surface area contributed by atoms with Crippen molar-refractivity contribution < 1.29 is 34.4 Å². The molecule has 5 heteroatoms. The Hall–Kier alpha value is -6.35. The number of hydrogen-bond donors (Lipinski definition) is 1.